The molecule has 0 amide bonds. The maximum Gasteiger partial charge on any atom is 0.267 e. The predicted octanol–water partition coefficient (Wildman–Crippen LogP) is 0.934. The molecule has 2 aromatic rings. The molecule has 0 aliphatic heterocycles. The van der Waals surface area contributed by atoms with E-state index in [0.29, 0.717) is 17.9 Å². The number of benzene rings is 1. The Morgan fingerprint density at radius 2 is 2.26 bits per heavy atom. The standard InChI is InChI=1S/C13H13N3O2S/c1-18-11-7-9(4-5-10(11)13(14)19)8-16-12(17)3-2-6-15-16/h2-7H,8H2,1H3,(H2,14,19). The zero-order valence-corrected chi connectivity index (χ0v) is 11.2. The molecule has 19 heavy (non-hydrogen) atoms. The molecule has 0 unspecified atom stereocenters. The number of hydrogen-bond donors (Lipinski definition) is 1. The largest absolute Gasteiger partial charge is 0.496 e. The number of aromatic nitrogens is 2. The van der Waals surface area contributed by atoms with E-state index in [4.69, 9.17) is 22.7 Å². The summed E-state index contributed by atoms with van der Waals surface area (Å²) >= 11 is 4.94. The van der Waals surface area contributed by atoms with Crippen molar-refractivity contribution in [1.82, 2.24) is 9.78 Å². The average Bonchev–Trinajstić information content (AvgIpc) is 2.41. The van der Waals surface area contributed by atoms with E-state index in [2.05, 4.69) is 5.10 Å². The third-order valence-corrected chi connectivity index (χ3v) is 2.87. The first-order chi connectivity index (χ1) is 9.11. The van der Waals surface area contributed by atoms with Gasteiger partial charge in [0.1, 0.15) is 10.7 Å². The number of nitrogens with zero attached hydrogens (tertiary/aromatic N) is 2. The third kappa shape index (κ3) is 2.97. The van der Waals surface area contributed by atoms with E-state index in [9.17, 15) is 4.79 Å². The summed E-state index contributed by atoms with van der Waals surface area (Å²) in [6.45, 7) is 0.369. The Morgan fingerprint density at radius 1 is 1.47 bits per heavy atom. The molecule has 0 aliphatic carbocycles. The van der Waals surface area contributed by atoms with Gasteiger partial charge in [-0.1, -0.05) is 18.3 Å². The number of rotatable bonds is 4. The second-order valence-corrected chi connectivity index (χ2v) is 4.36. The smallest absolute Gasteiger partial charge is 0.267 e. The summed E-state index contributed by atoms with van der Waals surface area (Å²) in [7, 11) is 1.55. The number of thiocarbonyl (C=S) groups is 1. The molecular formula is C13H13N3O2S. The van der Waals surface area contributed by atoms with Gasteiger partial charge in [-0.15, -0.1) is 0 Å². The lowest BCUT2D eigenvalue weighted by molar-refractivity contribution is 0.413. The molecule has 1 aromatic heterocycles. The molecule has 0 saturated carbocycles. The lowest BCUT2D eigenvalue weighted by Gasteiger charge is -2.10. The van der Waals surface area contributed by atoms with Crippen LogP contribution < -0.4 is 16.0 Å². The van der Waals surface area contributed by atoms with E-state index < -0.39 is 0 Å². The fourth-order valence-corrected chi connectivity index (χ4v) is 1.89. The minimum atomic E-state index is -0.153. The van der Waals surface area contributed by atoms with Crippen LogP contribution in [0.3, 0.4) is 0 Å². The van der Waals surface area contributed by atoms with Crippen LogP contribution in [0.1, 0.15) is 11.1 Å². The van der Waals surface area contributed by atoms with Crippen molar-refractivity contribution in [3.05, 3.63) is 58.0 Å². The van der Waals surface area contributed by atoms with Crippen LogP contribution in [0.2, 0.25) is 0 Å². The van der Waals surface area contributed by atoms with E-state index in [0.717, 1.165) is 5.56 Å². The first-order valence-corrected chi connectivity index (χ1v) is 6.01. The molecule has 2 rings (SSSR count). The van der Waals surface area contributed by atoms with Gasteiger partial charge in [-0.2, -0.15) is 5.10 Å². The average molecular weight is 275 g/mol. The van der Waals surface area contributed by atoms with Crippen molar-refractivity contribution in [3.63, 3.8) is 0 Å². The second kappa shape index (κ2) is 5.62. The monoisotopic (exact) mass is 275 g/mol. The molecule has 0 aliphatic rings. The molecule has 5 nitrogen and oxygen atoms in total. The zero-order chi connectivity index (χ0) is 13.8. The van der Waals surface area contributed by atoms with Crippen molar-refractivity contribution >= 4 is 17.2 Å². The van der Waals surface area contributed by atoms with Gasteiger partial charge in [-0.3, -0.25) is 4.79 Å². The highest BCUT2D eigenvalue weighted by Crippen LogP contribution is 2.20. The van der Waals surface area contributed by atoms with Gasteiger partial charge in [-0.05, 0) is 23.8 Å². The Labute approximate surface area is 115 Å². The van der Waals surface area contributed by atoms with Crippen molar-refractivity contribution in [2.24, 2.45) is 5.73 Å². The Hall–Kier alpha value is -2.21. The van der Waals surface area contributed by atoms with Gasteiger partial charge >= 0.3 is 0 Å². The molecule has 6 heteroatoms. The Balaban J connectivity index is 2.35. The van der Waals surface area contributed by atoms with Gasteiger partial charge in [0.05, 0.1) is 19.2 Å². The summed E-state index contributed by atoms with van der Waals surface area (Å²) < 4.78 is 6.61. The van der Waals surface area contributed by atoms with E-state index in [-0.39, 0.29) is 10.5 Å². The van der Waals surface area contributed by atoms with Gasteiger partial charge in [0.2, 0.25) is 0 Å². The van der Waals surface area contributed by atoms with E-state index >= 15 is 0 Å². The molecule has 0 bridgehead atoms. The van der Waals surface area contributed by atoms with Crippen molar-refractivity contribution in [3.8, 4) is 5.75 Å². The lowest BCUT2D eigenvalue weighted by Crippen LogP contribution is -2.21. The van der Waals surface area contributed by atoms with Crippen LogP contribution in [0.5, 0.6) is 5.75 Å². The van der Waals surface area contributed by atoms with Crippen LogP contribution in [-0.4, -0.2) is 21.9 Å². The summed E-state index contributed by atoms with van der Waals surface area (Å²) in [5, 5.41) is 4.00. The van der Waals surface area contributed by atoms with Crippen molar-refractivity contribution in [2.75, 3.05) is 7.11 Å². The molecule has 0 atom stereocenters. The second-order valence-electron chi connectivity index (χ2n) is 3.92. The molecule has 1 heterocycles. The van der Waals surface area contributed by atoms with Crippen molar-refractivity contribution in [1.29, 1.82) is 0 Å². The molecule has 2 N–H and O–H groups in total. The summed E-state index contributed by atoms with van der Waals surface area (Å²) in [5.74, 6) is 0.592. The normalized spacial score (nSPS) is 10.2. The maximum atomic E-state index is 11.6. The lowest BCUT2D eigenvalue weighted by atomic mass is 10.1. The fraction of sp³-hybridized carbons (Fsp3) is 0.154. The quantitative estimate of drug-likeness (QED) is 0.841. The zero-order valence-electron chi connectivity index (χ0n) is 10.4. The Kier molecular flexibility index (Phi) is 3.91. The molecular weight excluding hydrogens is 262 g/mol. The van der Waals surface area contributed by atoms with Crippen LogP contribution in [0.15, 0.2) is 41.3 Å². The number of methoxy groups -OCH3 is 1. The first kappa shape index (κ1) is 13.2. The van der Waals surface area contributed by atoms with Crippen LogP contribution in [0, 0.1) is 0 Å². The topological polar surface area (TPSA) is 70.1 Å². The molecule has 0 fully saturated rings. The Bertz CT molecular complexity index is 667. The number of nitrogens with two attached hydrogens (primary N) is 1. The molecule has 98 valence electrons. The Morgan fingerprint density at radius 3 is 2.89 bits per heavy atom. The SMILES string of the molecule is COc1cc(Cn2ncccc2=O)ccc1C(N)=S. The van der Waals surface area contributed by atoms with Crippen LogP contribution in [0.25, 0.3) is 0 Å². The molecule has 0 spiro atoms. The van der Waals surface area contributed by atoms with E-state index in [1.165, 1.54) is 10.7 Å². The van der Waals surface area contributed by atoms with Gasteiger partial charge in [0, 0.05) is 12.3 Å². The highest BCUT2D eigenvalue weighted by Gasteiger charge is 2.07. The van der Waals surface area contributed by atoms with Gasteiger partial charge < -0.3 is 10.5 Å². The highest BCUT2D eigenvalue weighted by atomic mass is 32.1. The minimum Gasteiger partial charge on any atom is -0.496 e. The van der Waals surface area contributed by atoms with E-state index in [1.807, 2.05) is 6.07 Å². The molecule has 0 radical (unpaired) electrons. The van der Waals surface area contributed by atoms with Gasteiger partial charge in [0.25, 0.3) is 5.56 Å². The minimum absolute atomic E-state index is 0.153. The first-order valence-electron chi connectivity index (χ1n) is 5.60. The maximum absolute atomic E-state index is 11.6. The fourth-order valence-electron chi connectivity index (χ4n) is 1.72. The van der Waals surface area contributed by atoms with Crippen LogP contribution in [0.4, 0.5) is 0 Å². The van der Waals surface area contributed by atoms with Crippen molar-refractivity contribution in [2.45, 2.75) is 6.54 Å². The number of hydrogen-bond acceptors (Lipinski definition) is 4. The summed E-state index contributed by atoms with van der Waals surface area (Å²) in [6, 6.07) is 8.50. The third-order valence-electron chi connectivity index (χ3n) is 2.65. The van der Waals surface area contributed by atoms with Gasteiger partial charge in [0.15, 0.2) is 0 Å². The van der Waals surface area contributed by atoms with E-state index in [1.54, 1.807) is 31.5 Å². The number of ether oxygens (including phenoxy) is 1. The molecule has 1 aromatic carbocycles. The highest BCUT2D eigenvalue weighted by molar-refractivity contribution is 7.80. The van der Waals surface area contributed by atoms with Crippen molar-refractivity contribution < 1.29 is 4.74 Å². The van der Waals surface area contributed by atoms with Crippen LogP contribution in [-0.2, 0) is 6.54 Å². The summed E-state index contributed by atoms with van der Waals surface area (Å²) in [5.41, 5.74) is 7.01. The molecule has 0 saturated heterocycles. The predicted molar refractivity (Wildman–Crippen MR) is 76.5 cm³/mol. The summed E-state index contributed by atoms with van der Waals surface area (Å²) in [6.07, 6.45) is 1.57. The van der Waals surface area contributed by atoms with Gasteiger partial charge in [-0.25, -0.2) is 4.68 Å². The summed E-state index contributed by atoms with van der Waals surface area (Å²) in [4.78, 5) is 11.9. The van der Waals surface area contributed by atoms with Crippen LogP contribution >= 0.6 is 12.2 Å².